The first-order chi connectivity index (χ1) is 8.28. The lowest BCUT2D eigenvalue weighted by atomic mass is 10.2. The van der Waals surface area contributed by atoms with E-state index in [0.717, 1.165) is 5.56 Å². The van der Waals surface area contributed by atoms with Crippen molar-refractivity contribution in [3.8, 4) is 5.88 Å². The number of halogens is 2. The van der Waals surface area contributed by atoms with Gasteiger partial charge in [0.1, 0.15) is 12.4 Å². The van der Waals surface area contributed by atoms with Crippen molar-refractivity contribution >= 4 is 11.6 Å². The molecule has 1 aromatic carbocycles. The van der Waals surface area contributed by atoms with Crippen LogP contribution in [0.5, 0.6) is 5.88 Å². The zero-order chi connectivity index (χ0) is 12.1. The summed E-state index contributed by atoms with van der Waals surface area (Å²) < 4.78 is 18.6. The smallest absolute Gasteiger partial charge is 0.216 e. The Morgan fingerprint density at radius 1 is 1.18 bits per heavy atom. The molecule has 1 aromatic heterocycles. The molecule has 0 bridgehead atoms. The van der Waals surface area contributed by atoms with Crippen LogP contribution in [0.15, 0.2) is 42.5 Å². The van der Waals surface area contributed by atoms with Crippen molar-refractivity contribution in [2.75, 3.05) is 0 Å². The minimum atomic E-state index is -0.390. The monoisotopic (exact) mass is 251 g/mol. The van der Waals surface area contributed by atoms with Gasteiger partial charge in [0.05, 0.1) is 11.6 Å². The fourth-order valence-electron chi connectivity index (χ4n) is 1.40. The van der Waals surface area contributed by atoms with Crippen LogP contribution in [-0.2, 0) is 12.5 Å². The zero-order valence-corrected chi connectivity index (χ0v) is 9.82. The molecule has 0 aliphatic carbocycles. The van der Waals surface area contributed by atoms with Crippen LogP contribution in [0.2, 0.25) is 0 Å². The summed E-state index contributed by atoms with van der Waals surface area (Å²) in [6.07, 6.45) is 0. The molecular weight excluding hydrogens is 241 g/mol. The summed E-state index contributed by atoms with van der Waals surface area (Å²) in [7, 11) is 0. The Morgan fingerprint density at radius 3 is 2.65 bits per heavy atom. The summed E-state index contributed by atoms with van der Waals surface area (Å²) in [5.41, 5.74) is 1.47. The van der Waals surface area contributed by atoms with Crippen molar-refractivity contribution in [3.63, 3.8) is 0 Å². The summed E-state index contributed by atoms with van der Waals surface area (Å²) in [6, 6.07) is 12.2. The van der Waals surface area contributed by atoms with Crippen molar-refractivity contribution in [2.24, 2.45) is 0 Å². The molecule has 0 spiro atoms. The Labute approximate surface area is 104 Å². The predicted molar refractivity (Wildman–Crippen MR) is 64.5 cm³/mol. The van der Waals surface area contributed by atoms with Gasteiger partial charge in [-0.3, -0.25) is 0 Å². The lowest BCUT2D eigenvalue weighted by molar-refractivity contribution is 0.291. The second-order valence-corrected chi connectivity index (χ2v) is 3.79. The number of nitrogens with zero attached hydrogens (tertiary/aromatic N) is 1. The van der Waals surface area contributed by atoms with E-state index in [4.69, 9.17) is 16.3 Å². The van der Waals surface area contributed by atoms with Gasteiger partial charge in [0.2, 0.25) is 5.88 Å². The summed E-state index contributed by atoms with van der Waals surface area (Å²) in [5, 5.41) is 0. The molecule has 0 fully saturated rings. The Balaban J connectivity index is 2.06. The third-order valence-corrected chi connectivity index (χ3v) is 2.46. The average molecular weight is 252 g/mol. The summed E-state index contributed by atoms with van der Waals surface area (Å²) >= 11 is 5.60. The summed E-state index contributed by atoms with van der Waals surface area (Å²) in [6.45, 7) is 0.360. The maximum atomic E-state index is 13.2. The quantitative estimate of drug-likeness (QED) is 0.776. The highest BCUT2D eigenvalue weighted by Crippen LogP contribution is 2.14. The van der Waals surface area contributed by atoms with Crippen LogP contribution in [0.25, 0.3) is 0 Å². The van der Waals surface area contributed by atoms with Gasteiger partial charge in [-0.2, -0.15) is 0 Å². The van der Waals surface area contributed by atoms with E-state index in [-0.39, 0.29) is 11.8 Å². The average Bonchev–Trinajstić information content (AvgIpc) is 2.37. The van der Waals surface area contributed by atoms with Crippen LogP contribution >= 0.6 is 11.6 Å². The van der Waals surface area contributed by atoms with Gasteiger partial charge < -0.3 is 4.74 Å². The molecule has 4 heteroatoms. The lowest BCUT2D eigenvalue weighted by Gasteiger charge is -2.06. The van der Waals surface area contributed by atoms with E-state index in [0.29, 0.717) is 12.3 Å². The first-order valence-electron chi connectivity index (χ1n) is 5.17. The lowest BCUT2D eigenvalue weighted by Crippen LogP contribution is -1.99. The number of ether oxygens (including phenoxy) is 1. The fraction of sp³-hybridized carbons (Fsp3) is 0.154. The number of aromatic nitrogens is 1. The number of hydrogen-bond acceptors (Lipinski definition) is 2. The number of rotatable bonds is 4. The molecule has 1 heterocycles. The highest BCUT2D eigenvalue weighted by atomic mass is 35.5. The topological polar surface area (TPSA) is 22.1 Å². The molecule has 2 nitrogen and oxygen atoms in total. The molecule has 2 rings (SSSR count). The Morgan fingerprint density at radius 2 is 1.94 bits per heavy atom. The van der Waals surface area contributed by atoms with Gasteiger partial charge in [-0.05, 0) is 11.6 Å². The molecule has 0 amide bonds. The van der Waals surface area contributed by atoms with Crippen LogP contribution in [0, 0.1) is 5.82 Å². The third-order valence-electron chi connectivity index (χ3n) is 2.19. The minimum absolute atomic E-state index is 0.166. The van der Waals surface area contributed by atoms with Crippen molar-refractivity contribution in [3.05, 3.63) is 59.5 Å². The number of hydrogen-bond donors (Lipinski definition) is 0. The fourth-order valence-corrected chi connectivity index (χ4v) is 1.54. The van der Waals surface area contributed by atoms with Gasteiger partial charge in [-0.15, -0.1) is 11.6 Å². The number of pyridine rings is 1. The second kappa shape index (κ2) is 5.64. The van der Waals surface area contributed by atoms with Crippen LogP contribution < -0.4 is 4.74 Å². The van der Waals surface area contributed by atoms with Gasteiger partial charge in [0, 0.05) is 6.07 Å². The summed E-state index contributed by atoms with van der Waals surface area (Å²) in [5.74, 6) is 0.0302. The van der Waals surface area contributed by atoms with E-state index >= 15 is 0 Å². The van der Waals surface area contributed by atoms with E-state index in [1.165, 1.54) is 12.1 Å². The number of alkyl halides is 1. The van der Waals surface area contributed by atoms with Crippen LogP contribution in [0.4, 0.5) is 4.39 Å². The zero-order valence-electron chi connectivity index (χ0n) is 9.07. The molecule has 88 valence electrons. The van der Waals surface area contributed by atoms with Crippen molar-refractivity contribution in [1.29, 1.82) is 0 Å². The molecule has 0 atom stereocenters. The van der Waals surface area contributed by atoms with Crippen LogP contribution in [-0.4, -0.2) is 4.98 Å². The Kier molecular flexibility index (Phi) is 3.94. The Hall–Kier alpha value is -1.61. The van der Waals surface area contributed by atoms with E-state index < -0.39 is 5.82 Å². The van der Waals surface area contributed by atoms with Crippen LogP contribution in [0.1, 0.15) is 11.3 Å². The third kappa shape index (κ3) is 3.43. The molecule has 17 heavy (non-hydrogen) atoms. The highest BCUT2D eigenvalue weighted by molar-refractivity contribution is 6.16. The molecule has 0 N–H and O–H groups in total. The van der Waals surface area contributed by atoms with E-state index in [1.54, 1.807) is 0 Å². The molecule has 0 aliphatic heterocycles. The molecule has 0 saturated heterocycles. The van der Waals surface area contributed by atoms with E-state index in [2.05, 4.69) is 4.98 Å². The van der Waals surface area contributed by atoms with E-state index in [9.17, 15) is 4.39 Å². The first-order valence-corrected chi connectivity index (χ1v) is 5.70. The molecule has 0 saturated carbocycles. The molecule has 0 unspecified atom stereocenters. The molecular formula is C13H11ClFNO. The van der Waals surface area contributed by atoms with Gasteiger partial charge in [-0.1, -0.05) is 30.3 Å². The minimum Gasteiger partial charge on any atom is -0.473 e. The second-order valence-electron chi connectivity index (χ2n) is 3.52. The normalized spacial score (nSPS) is 10.2. The first kappa shape index (κ1) is 11.9. The van der Waals surface area contributed by atoms with Crippen molar-refractivity contribution in [2.45, 2.75) is 12.5 Å². The maximum Gasteiger partial charge on any atom is 0.216 e. The molecule has 0 aliphatic rings. The van der Waals surface area contributed by atoms with Crippen molar-refractivity contribution < 1.29 is 9.13 Å². The van der Waals surface area contributed by atoms with Gasteiger partial charge >= 0.3 is 0 Å². The van der Waals surface area contributed by atoms with Gasteiger partial charge in [-0.25, -0.2) is 9.37 Å². The van der Waals surface area contributed by atoms with Crippen molar-refractivity contribution in [1.82, 2.24) is 4.98 Å². The highest BCUT2D eigenvalue weighted by Gasteiger charge is 2.03. The number of benzene rings is 1. The van der Waals surface area contributed by atoms with Gasteiger partial charge in [0.15, 0.2) is 0 Å². The predicted octanol–water partition coefficient (Wildman–Crippen LogP) is 3.54. The molecule has 2 aromatic rings. The standard InChI is InChI=1S/C13H11ClFNO/c14-8-12-6-11(15)7-13(16-12)17-9-10-4-2-1-3-5-10/h1-7H,8-9H2. The van der Waals surface area contributed by atoms with Gasteiger partial charge in [0.25, 0.3) is 0 Å². The van der Waals surface area contributed by atoms with E-state index in [1.807, 2.05) is 30.3 Å². The Bertz CT molecular complexity index is 490. The molecule has 0 radical (unpaired) electrons. The SMILES string of the molecule is Fc1cc(CCl)nc(OCc2ccccc2)c1. The summed E-state index contributed by atoms with van der Waals surface area (Å²) in [4.78, 5) is 4.07. The largest absolute Gasteiger partial charge is 0.473 e. The van der Waals surface area contributed by atoms with Crippen LogP contribution in [0.3, 0.4) is 0 Å². The maximum absolute atomic E-state index is 13.2.